The predicted octanol–water partition coefficient (Wildman–Crippen LogP) is 0.845. The van der Waals surface area contributed by atoms with Gasteiger partial charge in [0.05, 0.1) is 13.2 Å². The van der Waals surface area contributed by atoms with E-state index in [1.165, 1.54) is 4.90 Å². The summed E-state index contributed by atoms with van der Waals surface area (Å²) in [5, 5.41) is 20.2. The molecule has 18 heavy (non-hydrogen) atoms. The van der Waals surface area contributed by atoms with E-state index in [9.17, 15) is 8.78 Å². The van der Waals surface area contributed by atoms with E-state index in [-0.39, 0.29) is 19.0 Å². The highest BCUT2D eigenvalue weighted by atomic mass is 19.3. The molecule has 0 aliphatic rings. The highest BCUT2D eigenvalue weighted by molar-refractivity contribution is 5.97. The molecule has 0 fully saturated rings. The van der Waals surface area contributed by atoms with Crippen LogP contribution in [-0.4, -0.2) is 42.3 Å². The van der Waals surface area contributed by atoms with Crippen LogP contribution in [0.25, 0.3) is 0 Å². The van der Waals surface area contributed by atoms with Crippen molar-refractivity contribution in [3.63, 3.8) is 0 Å². The minimum absolute atomic E-state index is 0.0517. The van der Waals surface area contributed by atoms with Gasteiger partial charge >= 0.3 is 0 Å². The van der Waals surface area contributed by atoms with Crippen molar-refractivity contribution in [2.45, 2.75) is 6.43 Å². The fourth-order valence-corrected chi connectivity index (χ4v) is 1.51. The Labute approximate surface area is 103 Å². The van der Waals surface area contributed by atoms with Crippen molar-refractivity contribution in [2.75, 3.05) is 24.6 Å². The van der Waals surface area contributed by atoms with Gasteiger partial charge in [-0.15, -0.1) is 0 Å². The van der Waals surface area contributed by atoms with Crippen molar-refractivity contribution in [3.8, 4) is 0 Å². The number of aliphatic hydroxyl groups is 1. The monoisotopic (exact) mass is 259 g/mol. The predicted molar refractivity (Wildman–Crippen MR) is 64.3 cm³/mol. The zero-order valence-electron chi connectivity index (χ0n) is 9.63. The Morgan fingerprint density at radius 3 is 2.39 bits per heavy atom. The molecule has 0 aliphatic carbocycles. The zero-order chi connectivity index (χ0) is 13.5. The van der Waals surface area contributed by atoms with Crippen LogP contribution >= 0.6 is 0 Å². The van der Waals surface area contributed by atoms with Gasteiger partial charge in [-0.05, 0) is 24.3 Å². The summed E-state index contributed by atoms with van der Waals surface area (Å²) in [6.07, 6.45) is -2.49. The minimum Gasteiger partial charge on any atom is -0.409 e. The SMILES string of the molecule is N/C(=N/O)c1ccc(N(CCO)CC(F)F)cc1. The number of aliphatic hydroxyl groups excluding tert-OH is 1. The fourth-order valence-electron chi connectivity index (χ4n) is 1.51. The summed E-state index contributed by atoms with van der Waals surface area (Å²) >= 11 is 0. The highest BCUT2D eigenvalue weighted by Crippen LogP contribution is 2.16. The van der Waals surface area contributed by atoms with Gasteiger partial charge in [0.15, 0.2) is 5.84 Å². The Hall–Kier alpha value is -1.89. The topological polar surface area (TPSA) is 82.1 Å². The molecule has 0 radical (unpaired) electrons. The van der Waals surface area contributed by atoms with Gasteiger partial charge in [0.2, 0.25) is 0 Å². The van der Waals surface area contributed by atoms with Gasteiger partial charge in [-0.3, -0.25) is 0 Å². The van der Waals surface area contributed by atoms with Crippen molar-refractivity contribution in [2.24, 2.45) is 10.9 Å². The van der Waals surface area contributed by atoms with E-state index in [1.807, 2.05) is 0 Å². The van der Waals surface area contributed by atoms with Crippen LogP contribution in [-0.2, 0) is 0 Å². The normalized spacial score (nSPS) is 11.9. The number of amidine groups is 1. The molecule has 100 valence electrons. The Kier molecular flexibility index (Phi) is 5.31. The fraction of sp³-hybridized carbons (Fsp3) is 0.364. The molecule has 0 bridgehead atoms. The lowest BCUT2D eigenvalue weighted by molar-refractivity contribution is 0.153. The average Bonchev–Trinajstić information content (AvgIpc) is 2.37. The number of halogens is 2. The van der Waals surface area contributed by atoms with Crippen molar-refractivity contribution in [3.05, 3.63) is 29.8 Å². The van der Waals surface area contributed by atoms with E-state index in [2.05, 4.69) is 5.16 Å². The first-order valence-electron chi connectivity index (χ1n) is 5.30. The average molecular weight is 259 g/mol. The maximum atomic E-state index is 12.4. The van der Waals surface area contributed by atoms with Crippen LogP contribution in [0.2, 0.25) is 0 Å². The van der Waals surface area contributed by atoms with Crippen molar-refractivity contribution < 1.29 is 19.1 Å². The molecule has 0 saturated carbocycles. The molecular formula is C11H15F2N3O2. The van der Waals surface area contributed by atoms with Crippen LogP contribution in [0.4, 0.5) is 14.5 Å². The van der Waals surface area contributed by atoms with E-state index < -0.39 is 13.0 Å². The number of nitrogens with two attached hydrogens (primary N) is 1. The second-order valence-corrected chi connectivity index (χ2v) is 3.59. The van der Waals surface area contributed by atoms with E-state index in [4.69, 9.17) is 16.0 Å². The summed E-state index contributed by atoms with van der Waals surface area (Å²) in [5.41, 5.74) is 6.42. The highest BCUT2D eigenvalue weighted by Gasteiger charge is 2.12. The number of nitrogens with zero attached hydrogens (tertiary/aromatic N) is 2. The van der Waals surface area contributed by atoms with Crippen LogP contribution in [0.3, 0.4) is 0 Å². The Balaban J connectivity index is 2.86. The maximum Gasteiger partial charge on any atom is 0.255 e. The van der Waals surface area contributed by atoms with Gasteiger partial charge < -0.3 is 20.9 Å². The summed E-state index contributed by atoms with van der Waals surface area (Å²) in [4.78, 5) is 1.36. The molecule has 7 heteroatoms. The number of oxime groups is 1. The molecule has 0 heterocycles. The summed E-state index contributed by atoms with van der Waals surface area (Å²) < 4.78 is 24.7. The lowest BCUT2D eigenvalue weighted by Gasteiger charge is -2.23. The second-order valence-electron chi connectivity index (χ2n) is 3.59. The summed E-state index contributed by atoms with van der Waals surface area (Å²) in [6.45, 7) is -0.550. The molecule has 1 rings (SSSR count). The van der Waals surface area contributed by atoms with Gasteiger partial charge in [0.25, 0.3) is 6.43 Å². The van der Waals surface area contributed by atoms with Gasteiger partial charge in [-0.1, -0.05) is 5.16 Å². The van der Waals surface area contributed by atoms with Crippen molar-refractivity contribution >= 4 is 11.5 Å². The summed E-state index contributed by atoms with van der Waals surface area (Å²) in [7, 11) is 0. The third-order valence-electron chi connectivity index (χ3n) is 2.36. The van der Waals surface area contributed by atoms with Crippen LogP contribution < -0.4 is 10.6 Å². The van der Waals surface area contributed by atoms with Gasteiger partial charge in [-0.2, -0.15) is 0 Å². The van der Waals surface area contributed by atoms with E-state index in [0.29, 0.717) is 11.3 Å². The molecule has 0 aliphatic heterocycles. The molecule has 0 amide bonds. The van der Waals surface area contributed by atoms with Crippen LogP contribution in [0.15, 0.2) is 29.4 Å². The van der Waals surface area contributed by atoms with Gasteiger partial charge in [0.1, 0.15) is 0 Å². The lowest BCUT2D eigenvalue weighted by atomic mass is 10.2. The Morgan fingerprint density at radius 1 is 1.33 bits per heavy atom. The largest absolute Gasteiger partial charge is 0.409 e. The molecule has 0 aromatic heterocycles. The standard InChI is InChI=1S/C11H15F2N3O2/c12-10(13)7-16(5-6-17)9-3-1-8(2-4-9)11(14)15-18/h1-4,10,17-18H,5-7H2,(H2,14,15). The van der Waals surface area contributed by atoms with Crippen LogP contribution in [0.1, 0.15) is 5.56 Å². The molecule has 1 aromatic carbocycles. The molecular weight excluding hydrogens is 244 g/mol. The zero-order valence-corrected chi connectivity index (χ0v) is 9.63. The molecule has 0 saturated heterocycles. The maximum absolute atomic E-state index is 12.4. The third-order valence-corrected chi connectivity index (χ3v) is 2.36. The molecule has 5 nitrogen and oxygen atoms in total. The van der Waals surface area contributed by atoms with Gasteiger partial charge in [-0.25, -0.2) is 8.78 Å². The van der Waals surface area contributed by atoms with Crippen molar-refractivity contribution in [1.82, 2.24) is 0 Å². The van der Waals surface area contributed by atoms with E-state index in [0.717, 1.165) is 0 Å². The molecule has 0 unspecified atom stereocenters. The third kappa shape index (κ3) is 3.85. The van der Waals surface area contributed by atoms with Crippen LogP contribution in [0, 0.1) is 0 Å². The van der Waals surface area contributed by atoms with E-state index in [1.54, 1.807) is 24.3 Å². The lowest BCUT2D eigenvalue weighted by Crippen LogP contribution is -2.31. The molecule has 0 atom stereocenters. The number of rotatable bonds is 6. The van der Waals surface area contributed by atoms with Crippen molar-refractivity contribution in [1.29, 1.82) is 0 Å². The Morgan fingerprint density at radius 2 is 1.94 bits per heavy atom. The first-order chi connectivity index (χ1) is 8.58. The quantitative estimate of drug-likeness (QED) is 0.306. The van der Waals surface area contributed by atoms with Gasteiger partial charge in [0, 0.05) is 17.8 Å². The number of anilines is 1. The summed E-state index contributed by atoms with van der Waals surface area (Å²) in [5.74, 6) is -0.0517. The number of hydrogen-bond acceptors (Lipinski definition) is 4. The number of benzene rings is 1. The second kappa shape index (κ2) is 6.75. The smallest absolute Gasteiger partial charge is 0.255 e. The molecule has 1 aromatic rings. The number of hydrogen-bond donors (Lipinski definition) is 3. The molecule has 4 N–H and O–H groups in total. The van der Waals surface area contributed by atoms with E-state index >= 15 is 0 Å². The first kappa shape index (κ1) is 14.2. The Bertz CT molecular complexity index is 396. The number of alkyl halides is 2. The van der Waals surface area contributed by atoms with Crippen LogP contribution in [0.5, 0.6) is 0 Å². The minimum atomic E-state index is -2.49. The molecule has 0 spiro atoms. The first-order valence-corrected chi connectivity index (χ1v) is 5.30. The summed E-state index contributed by atoms with van der Waals surface area (Å²) in [6, 6.07) is 6.26.